The molecule has 0 saturated carbocycles. The number of nitrogens with one attached hydrogen (secondary N) is 3. The highest BCUT2D eigenvalue weighted by Crippen LogP contribution is 2.19. The molecule has 1 aromatic rings. The largest absolute Gasteiger partial charge is 0.370 e. The summed E-state index contributed by atoms with van der Waals surface area (Å²) in [6, 6.07) is 0.384. The zero-order valence-electron chi connectivity index (χ0n) is 12.4. The zero-order chi connectivity index (χ0) is 15.7. The Hall–Kier alpha value is -1.48. The standard InChI is InChI=1S/C12H21N5O2S2/c1-9(2)15-12-16-10(8-21-12)7-20-5-4-14-11(13-3)6-17(18)19/h6,8-9,13-14H,4-5,7H2,1-3H3,(H,15,16). The molecule has 0 aromatic carbocycles. The van der Waals surface area contributed by atoms with Gasteiger partial charge in [-0.15, -0.1) is 11.3 Å². The number of rotatable bonds is 10. The van der Waals surface area contributed by atoms with Crippen molar-refractivity contribution in [1.29, 1.82) is 0 Å². The van der Waals surface area contributed by atoms with Gasteiger partial charge in [0.2, 0.25) is 0 Å². The minimum atomic E-state index is -0.482. The van der Waals surface area contributed by atoms with Gasteiger partial charge < -0.3 is 16.0 Å². The van der Waals surface area contributed by atoms with Gasteiger partial charge >= 0.3 is 0 Å². The second-order valence-corrected chi connectivity index (χ2v) is 6.46. The van der Waals surface area contributed by atoms with Crippen LogP contribution in [0, 0.1) is 10.1 Å². The lowest BCUT2D eigenvalue weighted by atomic mass is 10.4. The molecule has 0 aliphatic heterocycles. The van der Waals surface area contributed by atoms with Gasteiger partial charge in [0.05, 0.1) is 10.6 Å². The Morgan fingerprint density at radius 1 is 1.62 bits per heavy atom. The molecular weight excluding hydrogens is 310 g/mol. The lowest BCUT2D eigenvalue weighted by Crippen LogP contribution is -2.26. The molecular formula is C12H21N5O2S2. The number of thioether (sulfide) groups is 1. The molecule has 0 bridgehead atoms. The smallest absolute Gasteiger partial charge is 0.274 e. The Kier molecular flexibility index (Phi) is 7.91. The average molecular weight is 331 g/mol. The molecule has 7 nitrogen and oxygen atoms in total. The number of nitrogens with zero attached hydrogens (tertiary/aromatic N) is 2. The topological polar surface area (TPSA) is 92.1 Å². The van der Waals surface area contributed by atoms with Crippen LogP contribution in [0.15, 0.2) is 17.4 Å². The van der Waals surface area contributed by atoms with Crippen molar-refractivity contribution in [3.63, 3.8) is 0 Å². The summed E-state index contributed by atoms with van der Waals surface area (Å²) >= 11 is 3.35. The van der Waals surface area contributed by atoms with Gasteiger partial charge in [0.1, 0.15) is 0 Å². The van der Waals surface area contributed by atoms with Crippen LogP contribution in [0.5, 0.6) is 0 Å². The molecule has 0 amide bonds. The second kappa shape index (κ2) is 9.46. The SMILES string of the molecule is CNC(=C[N+](=O)[O-])NCCSCc1csc(NC(C)C)n1. The van der Waals surface area contributed by atoms with E-state index < -0.39 is 4.92 Å². The number of nitro groups is 1. The van der Waals surface area contributed by atoms with Gasteiger partial charge in [-0.3, -0.25) is 10.1 Å². The summed E-state index contributed by atoms with van der Waals surface area (Å²) in [4.78, 5) is 14.4. The molecule has 0 unspecified atom stereocenters. The summed E-state index contributed by atoms with van der Waals surface area (Å²) in [6.45, 7) is 4.82. The summed E-state index contributed by atoms with van der Waals surface area (Å²) in [5, 5.41) is 22.3. The Labute approximate surface area is 132 Å². The molecule has 0 fully saturated rings. The molecule has 0 aliphatic rings. The maximum atomic E-state index is 10.4. The molecule has 9 heteroatoms. The first-order valence-electron chi connectivity index (χ1n) is 6.57. The van der Waals surface area contributed by atoms with E-state index in [1.165, 1.54) is 0 Å². The monoisotopic (exact) mass is 331 g/mol. The summed E-state index contributed by atoms with van der Waals surface area (Å²) in [5.41, 5.74) is 1.06. The van der Waals surface area contributed by atoms with E-state index in [0.717, 1.165) is 28.5 Å². The third kappa shape index (κ3) is 7.76. The molecule has 1 aromatic heterocycles. The highest BCUT2D eigenvalue weighted by Gasteiger charge is 2.03. The van der Waals surface area contributed by atoms with Gasteiger partial charge in [-0.05, 0) is 13.8 Å². The molecule has 0 radical (unpaired) electrons. The number of hydrogen-bond acceptors (Lipinski definition) is 8. The lowest BCUT2D eigenvalue weighted by molar-refractivity contribution is -0.404. The van der Waals surface area contributed by atoms with Gasteiger partial charge in [-0.1, -0.05) is 0 Å². The molecule has 3 N–H and O–H groups in total. The molecule has 0 aliphatic carbocycles. The van der Waals surface area contributed by atoms with Crippen molar-refractivity contribution >= 4 is 28.2 Å². The van der Waals surface area contributed by atoms with Crippen LogP contribution in [-0.2, 0) is 5.75 Å². The number of anilines is 1. The van der Waals surface area contributed by atoms with Crippen LogP contribution in [0.25, 0.3) is 0 Å². The molecule has 0 atom stereocenters. The van der Waals surface area contributed by atoms with Gasteiger partial charge in [0.25, 0.3) is 6.20 Å². The molecule has 1 rings (SSSR count). The fraction of sp³-hybridized carbons (Fsp3) is 0.583. The van der Waals surface area contributed by atoms with Crippen LogP contribution in [0.2, 0.25) is 0 Å². The fourth-order valence-corrected chi connectivity index (χ4v) is 3.14. The maximum absolute atomic E-state index is 10.4. The lowest BCUT2D eigenvalue weighted by Gasteiger charge is -2.07. The van der Waals surface area contributed by atoms with E-state index in [9.17, 15) is 10.1 Å². The zero-order valence-corrected chi connectivity index (χ0v) is 14.0. The summed E-state index contributed by atoms with van der Waals surface area (Å²) in [6.07, 6.45) is 0.926. The quantitative estimate of drug-likeness (QED) is 0.343. The van der Waals surface area contributed by atoms with E-state index in [2.05, 4.69) is 40.2 Å². The van der Waals surface area contributed by atoms with Crippen molar-refractivity contribution in [3.05, 3.63) is 33.2 Å². The minimum Gasteiger partial charge on any atom is -0.370 e. The Morgan fingerprint density at radius 3 is 3.00 bits per heavy atom. The molecule has 21 heavy (non-hydrogen) atoms. The average Bonchev–Trinajstić information content (AvgIpc) is 2.83. The third-order valence-electron chi connectivity index (χ3n) is 2.28. The summed E-state index contributed by atoms with van der Waals surface area (Å²) in [5.74, 6) is 2.10. The van der Waals surface area contributed by atoms with Crippen LogP contribution in [0.1, 0.15) is 19.5 Å². The highest BCUT2D eigenvalue weighted by molar-refractivity contribution is 7.98. The maximum Gasteiger partial charge on any atom is 0.274 e. The molecule has 118 valence electrons. The third-order valence-corrected chi connectivity index (χ3v) is 4.09. The number of hydrogen-bond donors (Lipinski definition) is 3. The van der Waals surface area contributed by atoms with Crippen molar-refractivity contribution in [1.82, 2.24) is 15.6 Å². The van der Waals surface area contributed by atoms with E-state index in [-0.39, 0.29) is 0 Å². The Balaban J connectivity index is 2.22. The number of thiazole rings is 1. The van der Waals surface area contributed by atoms with E-state index in [1.807, 2.05) is 0 Å². The van der Waals surface area contributed by atoms with Crippen LogP contribution in [-0.4, -0.2) is 35.3 Å². The van der Waals surface area contributed by atoms with Crippen LogP contribution < -0.4 is 16.0 Å². The van der Waals surface area contributed by atoms with Gasteiger partial charge in [-0.25, -0.2) is 4.98 Å². The highest BCUT2D eigenvalue weighted by atomic mass is 32.2. The molecule has 0 spiro atoms. The van der Waals surface area contributed by atoms with E-state index in [0.29, 0.717) is 18.4 Å². The van der Waals surface area contributed by atoms with Crippen molar-refractivity contribution in [2.75, 3.05) is 24.7 Å². The van der Waals surface area contributed by atoms with Gasteiger partial charge in [-0.2, -0.15) is 11.8 Å². The first kappa shape index (κ1) is 17.6. The van der Waals surface area contributed by atoms with Crippen LogP contribution >= 0.6 is 23.1 Å². The van der Waals surface area contributed by atoms with Crippen molar-refractivity contribution in [2.24, 2.45) is 0 Å². The minimum absolute atomic E-state index is 0.384. The Morgan fingerprint density at radius 2 is 2.38 bits per heavy atom. The predicted molar refractivity (Wildman–Crippen MR) is 89.2 cm³/mol. The van der Waals surface area contributed by atoms with Crippen molar-refractivity contribution in [2.45, 2.75) is 25.6 Å². The fourth-order valence-electron chi connectivity index (χ4n) is 1.43. The molecule has 0 saturated heterocycles. The Bertz CT molecular complexity index is 476. The van der Waals surface area contributed by atoms with Crippen molar-refractivity contribution in [3.8, 4) is 0 Å². The van der Waals surface area contributed by atoms with E-state index in [4.69, 9.17) is 0 Å². The van der Waals surface area contributed by atoms with Crippen LogP contribution in [0.4, 0.5) is 5.13 Å². The second-order valence-electron chi connectivity index (χ2n) is 4.50. The van der Waals surface area contributed by atoms with Gasteiger partial charge in [0, 0.05) is 36.5 Å². The van der Waals surface area contributed by atoms with E-state index in [1.54, 1.807) is 30.1 Å². The first-order chi connectivity index (χ1) is 10.0. The van der Waals surface area contributed by atoms with E-state index >= 15 is 0 Å². The summed E-state index contributed by atoms with van der Waals surface area (Å²) in [7, 11) is 1.65. The number of aromatic nitrogens is 1. The normalized spacial score (nSPS) is 11.5. The van der Waals surface area contributed by atoms with Gasteiger partial charge in [0.15, 0.2) is 11.0 Å². The summed E-state index contributed by atoms with van der Waals surface area (Å²) < 4.78 is 0. The van der Waals surface area contributed by atoms with Crippen LogP contribution in [0.3, 0.4) is 0 Å². The molecule has 1 heterocycles. The van der Waals surface area contributed by atoms with Crippen molar-refractivity contribution < 1.29 is 4.92 Å². The predicted octanol–water partition coefficient (Wildman–Crippen LogP) is 2.08. The first-order valence-corrected chi connectivity index (χ1v) is 8.60.